The summed E-state index contributed by atoms with van der Waals surface area (Å²) < 4.78 is 11.5. The zero-order chi connectivity index (χ0) is 25.7. The van der Waals surface area contributed by atoms with Gasteiger partial charge in [-0.1, -0.05) is 31.5 Å². The van der Waals surface area contributed by atoms with Crippen molar-refractivity contribution in [2.75, 3.05) is 40.9 Å². The minimum Gasteiger partial charge on any atom is -0.507 e. The summed E-state index contributed by atoms with van der Waals surface area (Å²) in [7, 11) is 5.34. The van der Waals surface area contributed by atoms with Gasteiger partial charge >= 0.3 is 0 Å². The molecule has 7 nitrogen and oxygen atoms in total. The van der Waals surface area contributed by atoms with Gasteiger partial charge in [0, 0.05) is 23.7 Å². The first-order valence-corrected chi connectivity index (χ1v) is 12.0. The van der Waals surface area contributed by atoms with Crippen molar-refractivity contribution in [3.05, 3.63) is 64.2 Å². The predicted molar refractivity (Wildman–Crippen MR) is 137 cm³/mol. The molecule has 3 rings (SSSR count). The molecule has 1 N–H and O–H groups in total. The number of carbonyl (C=O) groups excluding carboxylic acids is 2. The highest BCUT2D eigenvalue weighted by molar-refractivity contribution is 6.46. The average molecular weight is 501 g/mol. The Morgan fingerprint density at radius 2 is 1.80 bits per heavy atom. The minimum absolute atomic E-state index is 0.0339. The minimum atomic E-state index is -0.774. The molecule has 1 fully saturated rings. The maximum absolute atomic E-state index is 13.1. The van der Waals surface area contributed by atoms with Gasteiger partial charge in [0.15, 0.2) is 11.5 Å². The van der Waals surface area contributed by atoms with Gasteiger partial charge in [-0.25, -0.2) is 0 Å². The molecule has 8 heteroatoms. The van der Waals surface area contributed by atoms with E-state index in [1.807, 2.05) is 25.1 Å². The van der Waals surface area contributed by atoms with Gasteiger partial charge in [-0.3, -0.25) is 9.59 Å². The molecule has 1 atom stereocenters. The second-order valence-electron chi connectivity index (χ2n) is 9.24. The third-order valence-corrected chi connectivity index (χ3v) is 6.15. The van der Waals surface area contributed by atoms with E-state index < -0.39 is 17.7 Å². The fourth-order valence-corrected chi connectivity index (χ4v) is 4.03. The number of rotatable bonds is 10. The van der Waals surface area contributed by atoms with Crippen LogP contribution in [0.3, 0.4) is 0 Å². The number of ether oxygens (including phenoxy) is 2. The monoisotopic (exact) mass is 500 g/mol. The number of Topliss-reactive ketones (excluding diaryl/α,β-unsaturated/α-hetero) is 1. The van der Waals surface area contributed by atoms with E-state index in [0.29, 0.717) is 53.3 Å². The van der Waals surface area contributed by atoms with Crippen molar-refractivity contribution >= 4 is 29.1 Å². The summed E-state index contributed by atoms with van der Waals surface area (Å²) in [5.74, 6) is -0.0324. The topological polar surface area (TPSA) is 79.3 Å². The fourth-order valence-electron chi connectivity index (χ4n) is 3.91. The van der Waals surface area contributed by atoms with Crippen LogP contribution in [-0.4, -0.2) is 67.5 Å². The second-order valence-corrected chi connectivity index (χ2v) is 9.68. The van der Waals surface area contributed by atoms with E-state index in [4.69, 9.17) is 21.1 Å². The van der Waals surface area contributed by atoms with Crippen LogP contribution in [0.5, 0.6) is 11.5 Å². The highest BCUT2D eigenvalue weighted by Gasteiger charge is 2.46. The summed E-state index contributed by atoms with van der Waals surface area (Å²) in [5.41, 5.74) is 1.09. The van der Waals surface area contributed by atoms with Gasteiger partial charge < -0.3 is 24.4 Å². The third kappa shape index (κ3) is 6.16. The number of benzene rings is 2. The van der Waals surface area contributed by atoms with E-state index in [2.05, 4.69) is 13.8 Å². The molecule has 1 aliphatic heterocycles. The first kappa shape index (κ1) is 26.6. The first-order valence-electron chi connectivity index (χ1n) is 11.6. The highest BCUT2D eigenvalue weighted by atomic mass is 35.5. The zero-order valence-electron chi connectivity index (χ0n) is 20.9. The number of aliphatic hydroxyl groups is 1. The lowest BCUT2D eigenvalue weighted by Gasteiger charge is -2.27. The van der Waals surface area contributed by atoms with E-state index >= 15 is 0 Å². The first-order chi connectivity index (χ1) is 16.6. The molecule has 0 aliphatic carbocycles. The number of aliphatic hydroxyl groups excluding tert-OH is 1. The van der Waals surface area contributed by atoms with Crippen molar-refractivity contribution in [2.24, 2.45) is 5.92 Å². The van der Waals surface area contributed by atoms with Crippen LogP contribution in [0, 0.1) is 5.92 Å². The molecule has 1 aliphatic rings. The lowest BCUT2D eigenvalue weighted by Crippen LogP contribution is -2.35. The summed E-state index contributed by atoms with van der Waals surface area (Å²) in [6.07, 6.45) is 0.900. The van der Waals surface area contributed by atoms with E-state index in [1.165, 1.54) is 4.90 Å². The van der Waals surface area contributed by atoms with E-state index in [1.54, 1.807) is 43.5 Å². The molecule has 1 heterocycles. The maximum atomic E-state index is 13.1. The Kier molecular flexibility index (Phi) is 8.81. The Hall–Kier alpha value is -3.03. The van der Waals surface area contributed by atoms with Gasteiger partial charge in [0.25, 0.3) is 11.7 Å². The molecule has 1 saturated heterocycles. The second kappa shape index (κ2) is 11.6. The molecule has 1 amide bonds. The SMILES string of the molecule is COc1cc(C2C(=C(O)c3ccc(Cl)cc3)C(=O)C(=O)N2CCN(C)C)ccc1OCCC(C)C. The fraction of sp³-hybridized carbons (Fsp3) is 0.407. The summed E-state index contributed by atoms with van der Waals surface area (Å²) in [6.45, 7) is 5.67. The van der Waals surface area contributed by atoms with Crippen molar-refractivity contribution in [1.29, 1.82) is 0 Å². The third-order valence-electron chi connectivity index (χ3n) is 5.90. The molecule has 0 bridgehead atoms. The van der Waals surface area contributed by atoms with Crippen LogP contribution in [0.15, 0.2) is 48.0 Å². The number of amides is 1. The van der Waals surface area contributed by atoms with Gasteiger partial charge in [-0.15, -0.1) is 0 Å². The Balaban J connectivity index is 2.08. The molecule has 0 radical (unpaired) electrons. The zero-order valence-corrected chi connectivity index (χ0v) is 21.6. The van der Waals surface area contributed by atoms with E-state index in [9.17, 15) is 14.7 Å². The van der Waals surface area contributed by atoms with Gasteiger partial charge in [0.05, 0.1) is 25.3 Å². The van der Waals surface area contributed by atoms with Crippen LogP contribution in [0.2, 0.25) is 5.02 Å². The maximum Gasteiger partial charge on any atom is 0.295 e. The van der Waals surface area contributed by atoms with E-state index in [-0.39, 0.29) is 11.3 Å². The predicted octanol–water partition coefficient (Wildman–Crippen LogP) is 4.76. The van der Waals surface area contributed by atoms with Crippen LogP contribution < -0.4 is 9.47 Å². The number of carbonyl (C=O) groups is 2. The smallest absolute Gasteiger partial charge is 0.295 e. The van der Waals surface area contributed by atoms with Crippen LogP contribution in [-0.2, 0) is 9.59 Å². The molecule has 2 aromatic carbocycles. The molecule has 188 valence electrons. The Morgan fingerprint density at radius 1 is 1.11 bits per heavy atom. The number of methoxy groups -OCH3 is 1. The van der Waals surface area contributed by atoms with Crippen LogP contribution in [0.4, 0.5) is 0 Å². The number of likely N-dealkylation sites (N-methyl/N-ethyl adjacent to an activating group) is 1. The molecule has 1 unspecified atom stereocenters. The van der Waals surface area contributed by atoms with Crippen LogP contribution in [0.1, 0.15) is 37.4 Å². The van der Waals surface area contributed by atoms with Crippen molar-refractivity contribution in [3.8, 4) is 11.5 Å². The number of hydrogen-bond donors (Lipinski definition) is 1. The summed E-state index contributed by atoms with van der Waals surface area (Å²) >= 11 is 5.99. The Morgan fingerprint density at radius 3 is 2.40 bits per heavy atom. The van der Waals surface area contributed by atoms with Gasteiger partial charge in [-0.05, 0) is 68.4 Å². The van der Waals surface area contributed by atoms with Crippen molar-refractivity contribution < 1.29 is 24.2 Å². The molecule has 0 aromatic heterocycles. The molecule has 0 spiro atoms. The number of ketones is 1. The Bertz CT molecular complexity index is 1100. The standard InChI is InChI=1S/C27H33ClN2O5/c1-17(2)12-15-35-21-11-8-19(16-22(21)34-5)24-23(25(31)18-6-9-20(28)10-7-18)26(32)27(33)30(24)14-13-29(3)4/h6-11,16-17,24,31H,12-15H2,1-5H3. The van der Waals surface area contributed by atoms with Gasteiger partial charge in [0.2, 0.25) is 0 Å². The Labute approximate surface area is 211 Å². The normalized spacial score (nSPS) is 17.5. The molecular formula is C27H33ClN2O5. The van der Waals surface area contributed by atoms with Crippen molar-refractivity contribution in [3.63, 3.8) is 0 Å². The van der Waals surface area contributed by atoms with Gasteiger partial charge in [0.1, 0.15) is 5.76 Å². The summed E-state index contributed by atoms with van der Waals surface area (Å²) in [5, 5.41) is 11.6. The van der Waals surface area contributed by atoms with Crippen LogP contribution >= 0.6 is 11.6 Å². The summed E-state index contributed by atoms with van der Waals surface area (Å²) in [4.78, 5) is 29.6. The molecule has 35 heavy (non-hydrogen) atoms. The van der Waals surface area contributed by atoms with Gasteiger partial charge in [-0.2, -0.15) is 0 Å². The lowest BCUT2D eigenvalue weighted by atomic mass is 9.95. The number of likely N-dealkylation sites (tertiary alicyclic amines) is 1. The highest BCUT2D eigenvalue weighted by Crippen LogP contribution is 2.42. The quantitative estimate of drug-likeness (QED) is 0.288. The van der Waals surface area contributed by atoms with Crippen molar-refractivity contribution in [2.45, 2.75) is 26.3 Å². The number of nitrogens with zero attached hydrogens (tertiary/aromatic N) is 2. The molecule has 2 aromatic rings. The number of hydrogen-bond acceptors (Lipinski definition) is 6. The lowest BCUT2D eigenvalue weighted by molar-refractivity contribution is -0.140. The van der Waals surface area contributed by atoms with Crippen molar-refractivity contribution in [1.82, 2.24) is 9.80 Å². The average Bonchev–Trinajstić information content (AvgIpc) is 3.07. The van der Waals surface area contributed by atoms with E-state index in [0.717, 1.165) is 6.42 Å². The summed E-state index contributed by atoms with van der Waals surface area (Å²) in [6, 6.07) is 11.1. The largest absolute Gasteiger partial charge is 0.507 e. The molecule has 0 saturated carbocycles. The number of halogens is 1. The molecular weight excluding hydrogens is 468 g/mol. The van der Waals surface area contributed by atoms with Crippen LogP contribution in [0.25, 0.3) is 5.76 Å².